The van der Waals surface area contributed by atoms with Gasteiger partial charge in [-0.15, -0.1) is 0 Å². The molecular formula is C10H21N. The molecule has 1 aliphatic rings. The SMILES string of the molecule is CC[C@@H](C(C)C)N1CCCC1. The van der Waals surface area contributed by atoms with Crippen LogP contribution in [0.25, 0.3) is 0 Å². The Morgan fingerprint density at radius 3 is 2.09 bits per heavy atom. The lowest BCUT2D eigenvalue weighted by molar-refractivity contribution is 0.186. The van der Waals surface area contributed by atoms with Crippen LogP contribution in [-0.4, -0.2) is 24.0 Å². The molecule has 0 N–H and O–H groups in total. The maximum atomic E-state index is 2.66. The van der Waals surface area contributed by atoms with E-state index in [4.69, 9.17) is 0 Å². The molecular weight excluding hydrogens is 134 g/mol. The Bertz CT molecular complexity index is 103. The van der Waals surface area contributed by atoms with Gasteiger partial charge in [-0.3, -0.25) is 0 Å². The first-order valence-corrected chi connectivity index (χ1v) is 4.99. The van der Waals surface area contributed by atoms with Crippen LogP contribution >= 0.6 is 0 Å². The van der Waals surface area contributed by atoms with Gasteiger partial charge in [0.15, 0.2) is 0 Å². The van der Waals surface area contributed by atoms with Crippen LogP contribution in [0.2, 0.25) is 0 Å². The summed E-state index contributed by atoms with van der Waals surface area (Å²) in [6, 6.07) is 0.845. The number of hydrogen-bond acceptors (Lipinski definition) is 1. The second-order valence-corrected chi connectivity index (χ2v) is 3.96. The summed E-state index contributed by atoms with van der Waals surface area (Å²) < 4.78 is 0. The summed E-state index contributed by atoms with van der Waals surface area (Å²) in [5.74, 6) is 0.832. The summed E-state index contributed by atoms with van der Waals surface area (Å²) in [4.78, 5) is 2.66. The lowest BCUT2D eigenvalue weighted by Crippen LogP contribution is -2.36. The summed E-state index contributed by atoms with van der Waals surface area (Å²) in [5, 5.41) is 0. The van der Waals surface area contributed by atoms with Crippen LogP contribution < -0.4 is 0 Å². The lowest BCUT2D eigenvalue weighted by Gasteiger charge is -2.29. The fraction of sp³-hybridized carbons (Fsp3) is 1.00. The Morgan fingerprint density at radius 1 is 1.18 bits per heavy atom. The maximum Gasteiger partial charge on any atom is 0.0116 e. The van der Waals surface area contributed by atoms with Gasteiger partial charge in [0.1, 0.15) is 0 Å². The van der Waals surface area contributed by atoms with Gasteiger partial charge in [0, 0.05) is 6.04 Å². The van der Waals surface area contributed by atoms with Gasteiger partial charge in [-0.2, -0.15) is 0 Å². The largest absolute Gasteiger partial charge is 0.300 e. The average molecular weight is 155 g/mol. The minimum Gasteiger partial charge on any atom is -0.300 e. The third-order valence-electron chi connectivity index (χ3n) is 2.80. The molecule has 0 radical (unpaired) electrons. The molecule has 11 heavy (non-hydrogen) atoms. The van der Waals surface area contributed by atoms with Gasteiger partial charge < -0.3 is 4.90 Å². The van der Waals surface area contributed by atoms with Crippen LogP contribution in [-0.2, 0) is 0 Å². The minimum atomic E-state index is 0.832. The summed E-state index contributed by atoms with van der Waals surface area (Å²) in [5.41, 5.74) is 0. The average Bonchev–Trinajstić information content (AvgIpc) is 2.40. The molecule has 0 unspecified atom stereocenters. The molecule has 1 fully saturated rings. The topological polar surface area (TPSA) is 3.24 Å². The smallest absolute Gasteiger partial charge is 0.0116 e. The van der Waals surface area contributed by atoms with Gasteiger partial charge in [-0.05, 0) is 38.3 Å². The van der Waals surface area contributed by atoms with Crippen LogP contribution in [0.1, 0.15) is 40.0 Å². The first-order valence-electron chi connectivity index (χ1n) is 4.99. The second-order valence-electron chi connectivity index (χ2n) is 3.96. The van der Waals surface area contributed by atoms with Crippen LogP contribution in [0.4, 0.5) is 0 Å². The van der Waals surface area contributed by atoms with E-state index in [1.54, 1.807) is 0 Å². The van der Waals surface area contributed by atoms with Crippen molar-refractivity contribution in [3.05, 3.63) is 0 Å². The van der Waals surface area contributed by atoms with Crippen LogP contribution in [0.5, 0.6) is 0 Å². The number of rotatable bonds is 3. The predicted octanol–water partition coefficient (Wildman–Crippen LogP) is 2.52. The third kappa shape index (κ3) is 2.19. The van der Waals surface area contributed by atoms with Crippen molar-refractivity contribution in [2.24, 2.45) is 5.92 Å². The van der Waals surface area contributed by atoms with Crippen molar-refractivity contribution < 1.29 is 0 Å². The maximum absolute atomic E-state index is 2.66. The molecule has 0 aliphatic carbocycles. The third-order valence-corrected chi connectivity index (χ3v) is 2.80. The van der Waals surface area contributed by atoms with Crippen LogP contribution in [0, 0.1) is 5.92 Å². The monoisotopic (exact) mass is 155 g/mol. The van der Waals surface area contributed by atoms with Crippen molar-refractivity contribution in [3.63, 3.8) is 0 Å². The molecule has 1 heterocycles. The highest BCUT2D eigenvalue weighted by Gasteiger charge is 2.22. The Labute approximate surface area is 70.8 Å². The molecule has 1 heteroatoms. The number of nitrogens with zero attached hydrogens (tertiary/aromatic N) is 1. The zero-order chi connectivity index (χ0) is 8.27. The van der Waals surface area contributed by atoms with Gasteiger partial charge >= 0.3 is 0 Å². The molecule has 1 saturated heterocycles. The molecule has 1 rings (SSSR count). The van der Waals surface area contributed by atoms with E-state index in [2.05, 4.69) is 25.7 Å². The van der Waals surface area contributed by atoms with E-state index in [0.717, 1.165) is 12.0 Å². The summed E-state index contributed by atoms with van der Waals surface area (Å²) in [6.45, 7) is 9.68. The van der Waals surface area contributed by atoms with Gasteiger partial charge in [-0.1, -0.05) is 20.8 Å². The van der Waals surface area contributed by atoms with Crippen molar-refractivity contribution in [1.29, 1.82) is 0 Å². The normalized spacial score (nSPS) is 22.9. The molecule has 0 aromatic carbocycles. The summed E-state index contributed by atoms with van der Waals surface area (Å²) >= 11 is 0. The molecule has 66 valence electrons. The van der Waals surface area contributed by atoms with Crippen molar-refractivity contribution in [1.82, 2.24) is 4.90 Å². The van der Waals surface area contributed by atoms with Crippen molar-refractivity contribution in [2.45, 2.75) is 46.1 Å². The Morgan fingerprint density at radius 2 is 1.73 bits per heavy atom. The zero-order valence-electron chi connectivity index (χ0n) is 8.14. The fourth-order valence-electron chi connectivity index (χ4n) is 2.22. The first kappa shape index (κ1) is 9.05. The molecule has 0 aromatic heterocycles. The quantitative estimate of drug-likeness (QED) is 0.605. The molecule has 1 nitrogen and oxygen atoms in total. The highest BCUT2D eigenvalue weighted by Crippen LogP contribution is 2.19. The fourth-order valence-corrected chi connectivity index (χ4v) is 2.22. The second kappa shape index (κ2) is 4.10. The Hall–Kier alpha value is -0.0400. The van der Waals surface area contributed by atoms with Crippen molar-refractivity contribution >= 4 is 0 Å². The predicted molar refractivity (Wildman–Crippen MR) is 49.7 cm³/mol. The lowest BCUT2D eigenvalue weighted by atomic mass is 10.0. The highest BCUT2D eigenvalue weighted by atomic mass is 15.2. The van der Waals surface area contributed by atoms with E-state index in [1.807, 2.05) is 0 Å². The van der Waals surface area contributed by atoms with E-state index < -0.39 is 0 Å². The Kier molecular flexibility index (Phi) is 3.38. The van der Waals surface area contributed by atoms with E-state index in [9.17, 15) is 0 Å². The molecule has 0 aromatic rings. The first-order chi connectivity index (χ1) is 5.25. The number of likely N-dealkylation sites (tertiary alicyclic amines) is 1. The zero-order valence-corrected chi connectivity index (χ0v) is 8.14. The van der Waals surface area contributed by atoms with E-state index in [0.29, 0.717) is 0 Å². The minimum absolute atomic E-state index is 0.832. The van der Waals surface area contributed by atoms with E-state index in [-0.39, 0.29) is 0 Å². The van der Waals surface area contributed by atoms with E-state index >= 15 is 0 Å². The van der Waals surface area contributed by atoms with Gasteiger partial charge in [-0.25, -0.2) is 0 Å². The van der Waals surface area contributed by atoms with Gasteiger partial charge in [0.25, 0.3) is 0 Å². The molecule has 1 aliphatic heterocycles. The molecule has 0 amide bonds. The highest BCUT2D eigenvalue weighted by molar-refractivity contribution is 4.77. The van der Waals surface area contributed by atoms with Gasteiger partial charge in [0.05, 0.1) is 0 Å². The summed E-state index contributed by atoms with van der Waals surface area (Å²) in [6.07, 6.45) is 4.16. The molecule has 0 bridgehead atoms. The Balaban J connectivity index is 2.40. The standard InChI is InChI=1S/C10H21N/c1-4-10(9(2)3)11-7-5-6-8-11/h9-10H,4-8H2,1-3H3/t10-/m0/s1. The molecule has 0 saturated carbocycles. The number of hydrogen-bond donors (Lipinski definition) is 0. The molecule has 0 spiro atoms. The van der Waals surface area contributed by atoms with Crippen LogP contribution in [0.15, 0.2) is 0 Å². The van der Waals surface area contributed by atoms with E-state index in [1.165, 1.54) is 32.4 Å². The summed E-state index contributed by atoms with van der Waals surface area (Å²) in [7, 11) is 0. The molecule has 1 atom stereocenters. The van der Waals surface area contributed by atoms with Crippen LogP contribution in [0.3, 0.4) is 0 Å². The van der Waals surface area contributed by atoms with Crippen molar-refractivity contribution in [3.8, 4) is 0 Å². The van der Waals surface area contributed by atoms with Crippen molar-refractivity contribution in [2.75, 3.05) is 13.1 Å². The van der Waals surface area contributed by atoms with Gasteiger partial charge in [0.2, 0.25) is 0 Å².